The largest absolute Gasteiger partial charge is 0.394 e. The monoisotopic (exact) mass is 268 g/mol. The highest BCUT2D eigenvalue weighted by Gasteiger charge is 2.15. The second-order valence-electron chi connectivity index (χ2n) is 3.99. The molecule has 0 fully saturated rings. The van der Waals surface area contributed by atoms with E-state index in [-0.39, 0.29) is 18.6 Å². The maximum absolute atomic E-state index is 9.68. The Morgan fingerprint density at radius 2 is 1.82 bits per heavy atom. The van der Waals surface area contributed by atoms with E-state index in [1.807, 2.05) is 0 Å². The second-order valence-corrected chi connectivity index (χ2v) is 4.55. The number of hydrogen-bond acceptors (Lipinski definition) is 4. The van der Waals surface area contributed by atoms with Crippen molar-refractivity contribution in [2.24, 2.45) is 0 Å². The minimum absolute atomic E-state index is 0.0177. The second kappa shape index (κ2) is 12.6. The van der Waals surface area contributed by atoms with Gasteiger partial charge in [0, 0.05) is 0 Å². The lowest BCUT2D eigenvalue weighted by molar-refractivity contribution is -0.00350. The SMILES string of the molecule is CCCCCC(Cl)C(O)COCCOCCO. The first-order valence-corrected chi connectivity index (χ1v) is 6.74. The van der Waals surface area contributed by atoms with Gasteiger partial charge in [-0.2, -0.15) is 0 Å². The molecule has 0 amide bonds. The molecule has 0 aliphatic rings. The van der Waals surface area contributed by atoms with E-state index in [0.29, 0.717) is 19.8 Å². The molecular formula is C12H25ClO4. The molecule has 0 aromatic rings. The zero-order valence-corrected chi connectivity index (χ0v) is 11.4. The predicted octanol–water partition coefficient (Wildman–Crippen LogP) is 1.56. The molecule has 0 aromatic carbocycles. The fourth-order valence-corrected chi connectivity index (χ4v) is 1.60. The van der Waals surface area contributed by atoms with Crippen molar-refractivity contribution in [2.75, 3.05) is 33.0 Å². The van der Waals surface area contributed by atoms with Crippen LogP contribution in [0.15, 0.2) is 0 Å². The Morgan fingerprint density at radius 3 is 2.47 bits per heavy atom. The Kier molecular flexibility index (Phi) is 12.7. The first-order chi connectivity index (χ1) is 8.22. The maximum Gasteiger partial charge on any atom is 0.0936 e. The van der Waals surface area contributed by atoms with Crippen molar-refractivity contribution in [1.29, 1.82) is 0 Å². The van der Waals surface area contributed by atoms with E-state index in [2.05, 4.69) is 6.92 Å². The Morgan fingerprint density at radius 1 is 1.12 bits per heavy atom. The number of aliphatic hydroxyl groups is 2. The van der Waals surface area contributed by atoms with E-state index >= 15 is 0 Å². The van der Waals surface area contributed by atoms with Crippen molar-refractivity contribution in [2.45, 2.75) is 44.1 Å². The lowest BCUT2D eigenvalue weighted by Crippen LogP contribution is -2.27. The van der Waals surface area contributed by atoms with Crippen LogP contribution in [0.4, 0.5) is 0 Å². The summed E-state index contributed by atoms with van der Waals surface area (Å²) in [5, 5.41) is 17.9. The number of aliphatic hydroxyl groups excluding tert-OH is 2. The van der Waals surface area contributed by atoms with Crippen LogP contribution in [0.3, 0.4) is 0 Å². The predicted molar refractivity (Wildman–Crippen MR) is 68.5 cm³/mol. The van der Waals surface area contributed by atoms with Crippen LogP contribution in [-0.2, 0) is 9.47 Å². The number of halogens is 1. The summed E-state index contributed by atoms with van der Waals surface area (Å²) in [5.41, 5.74) is 0. The van der Waals surface area contributed by atoms with Gasteiger partial charge in [-0.25, -0.2) is 0 Å². The smallest absolute Gasteiger partial charge is 0.0936 e. The van der Waals surface area contributed by atoms with Crippen LogP contribution >= 0.6 is 11.6 Å². The molecule has 0 aromatic heterocycles. The quantitative estimate of drug-likeness (QED) is 0.417. The minimum atomic E-state index is -0.619. The molecule has 2 unspecified atom stereocenters. The molecule has 0 bridgehead atoms. The topological polar surface area (TPSA) is 58.9 Å². The zero-order valence-electron chi connectivity index (χ0n) is 10.6. The molecule has 0 saturated carbocycles. The molecule has 2 N–H and O–H groups in total. The molecule has 4 nitrogen and oxygen atoms in total. The van der Waals surface area contributed by atoms with Gasteiger partial charge in [0.2, 0.25) is 0 Å². The Balaban J connectivity index is 3.34. The van der Waals surface area contributed by atoms with E-state index < -0.39 is 6.10 Å². The van der Waals surface area contributed by atoms with Crippen molar-refractivity contribution in [1.82, 2.24) is 0 Å². The Bertz CT molecular complexity index is 157. The summed E-state index contributed by atoms with van der Waals surface area (Å²) >= 11 is 6.04. The van der Waals surface area contributed by atoms with Gasteiger partial charge in [-0.15, -0.1) is 11.6 Å². The van der Waals surface area contributed by atoms with E-state index in [1.54, 1.807) is 0 Å². The minimum Gasteiger partial charge on any atom is -0.394 e. The third-order valence-corrected chi connectivity index (χ3v) is 2.91. The highest BCUT2D eigenvalue weighted by molar-refractivity contribution is 6.21. The van der Waals surface area contributed by atoms with Crippen molar-refractivity contribution in [3.8, 4) is 0 Å². The first-order valence-electron chi connectivity index (χ1n) is 6.30. The van der Waals surface area contributed by atoms with Gasteiger partial charge in [0.05, 0.1) is 44.5 Å². The lowest BCUT2D eigenvalue weighted by atomic mass is 10.1. The molecule has 0 heterocycles. The van der Waals surface area contributed by atoms with E-state index in [9.17, 15) is 5.11 Å². The van der Waals surface area contributed by atoms with Gasteiger partial charge in [-0.3, -0.25) is 0 Å². The normalized spacial score (nSPS) is 14.8. The molecule has 0 rings (SSSR count). The number of unbranched alkanes of at least 4 members (excludes halogenated alkanes) is 2. The third kappa shape index (κ3) is 11.0. The molecule has 5 heteroatoms. The van der Waals surface area contributed by atoms with Gasteiger partial charge in [0.25, 0.3) is 0 Å². The van der Waals surface area contributed by atoms with E-state index in [1.165, 1.54) is 0 Å². The molecular weight excluding hydrogens is 244 g/mol. The van der Waals surface area contributed by atoms with Crippen LogP contribution in [0, 0.1) is 0 Å². The average Bonchev–Trinajstić information content (AvgIpc) is 2.33. The van der Waals surface area contributed by atoms with Gasteiger partial charge in [0.15, 0.2) is 0 Å². The maximum atomic E-state index is 9.68. The number of hydrogen-bond donors (Lipinski definition) is 2. The lowest BCUT2D eigenvalue weighted by Gasteiger charge is -2.16. The summed E-state index contributed by atoms with van der Waals surface area (Å²) in [6, 6.07) is 0. The van der Waals surface area contributed by atoms with E-state index in [4.69, 9.17) is 26.2 Å². The summed E-state index contributed by atoms with van der Waals surface area (Å²) in [4.78, 5) is 0. The molecule has 0 aliphatic carbocycles. The van der Waals surface area contributed by atoms with Crippen LogP contribution < -0.4 is 0 Å². The molecule has 0 saturated heterocycles. The Hall–Kier alpha value is 0.130. The number of rotatable bonds is 12. The molecule has 2 atom stereocenters. The Labute approximate surface area is 109 Å². The molecule has 17 heavy (non-hydrogen) atoms. The number of alkyl halides is 1. The summed E-state index contributed by atoms with van der Waals surface area (Å²) < 4.78 is 10.2. The van der Waals surface area contributed by atoms with Crippen LogP contribution in [0.5, 0.6) is 0 Å². The average molecular weight is 269 g/mol. The van der Waals surface area contributed by atoms with E-state index in [0.717, 1.165) is 25.7 Å². The van der Waals surface area contributed by atoms with Crippen molar-refractivity contribution < 1.29 is 19.7 Å². The standard InChI is InChI=1S/C12H25ClO4/c1-2-3-4-5-11(13)12(15)10-17-9-8-16-7-6-14/h11-12,14-15H,2-10H2,1H3. The van der Waals surface area contributed by atoms with Crippen molar-refractivity contribution >= 4 is 11.6 Å². The fraction of sp³-hybridized carbons (Fsp3) is 1.00. The van der Waals surface area contributed by atoms with Gasteiger partial charge in [-0.05, 0) is 6.42 Å². The molecule has 104 valence electrons. The molecule has 0 radical (unpaired) electrons. The molecule has 0 spiro atoms. The third-order valence-electron chi connectivity index (χ3n) is 2.40. The number of ether oxygens (including phenoxy) is 2. The van der Waals surface area contributed by atoms with Crippen LogP contribution in [-0.4, -0.2) is 54.7 Å². The first kappa shape index (κ1) is 17.1. The summed E-state index contributed by atoms with van der Waals surface area (Å²) in [6.07, 6.45) is 3.54. The highest BCUT2D eigenvalue weighted by Crippen LogP contribution is 2.13. The van der Waals surface area contributed by atoms with Crippen molar-refractivity contribution in [3.05, 3.63) is 0 Å². The van der Waals surface area contributed by atoms with Crippen LogP contribution in [0.25, 0.3) is 0 Å². The fourth-order valence-electron chi connectivity index (χ4n) is 1.37. The van der Waals surface area contributed by atoms with Crippen LogP contribution in [0.1, 0.15) is 32.6 Å². The highest BCUT2D eigenvalue weighted by atomic mass is 35.5. The van der Waals surface area contributed by atoms with Gasteiger partial charge in [-0.1, -0.05) is 26.2 Å². The van der Waals surface area contributed by atoms with Crippen molar-refractivity contribution in [3.63, 3.8) is 0 Å². The van der Waals surface area contributed by atoms with Gasteiger partial charge < -0.3 is 19.7 Å². The van der Waals surface area contributed by atoms with Gasteiger partial charge in [0.1, 0.15) is 0 Å². The van der Waals surface area contributed by atoms with Crippen LogP contribution in [0.2, 0.25) is 0 Å². The molecule has 0 aliphatic heterocycles. The summed E-state index contributed by atoms with van der Waals surface area (Å²) in [5.74, 6) is 0. The van der Waals surface area contributed by atoms with Gasteiger partial charge >= 0.3 is 0 Å². The zero-order chi connectivity index (χ0) is 12.9. The summed E-state index contributed by atoms with van der Waals surface area (Å²) in [7, 11) is 0. The summed E-state index contributed by atoms with van der Waals surface area (Å²) in [6.45, 7) is 3.55.